The molecule has 1 heteroatoms. The summed E-state index contributed by atoms with van der Waals surface area (Å²) in [7, 11) is 0. The first-order valence-electron chi connectivity index (χ1n) is 7.62. The standard InChI is InChI=1S/C17H25N/c18-13-17(10-11-17)16-8-6-15(7-9-16)12-14-4-2-1-3-5-14/h6-9,14H,1-5,10-13,18H2. The predicted octanol–water partition coefficient (Wildman–Crippen LogP) is 3.80. The minimum atomic E-state index is 0.351. The van der Waals surface area contributed by atoms with E-state index in [4.69, 9.17) is 5.73 Å². The first kappa shape index (κ1) is 12.2. The van der Waals surface area contributed by atoms with Gasteiger partial charge in [-0.3, -0.25) is 0 Å². The Kier molecular flexibility index (Phi) is 3.43. The van der Waals surface area contributed by atoms with Gasteiger partial charge in [0, 0.05) is 12.0 Å². The molecule has 1 aromatic carbocycles. The molecule has 3 rings (SSSR count). The first-order valence-corrected chi connectivity index (χ1v) is 7.62. The van der Waals surface area contributed by atoms with Crippen LogP contribution in [0, 0.1) is 5.92 Å². The SMILES string of the molecule is NCC1(c2ccc(CC3CCCCC3)cc2)CC1. The van der Waals surface area contributed by atoms with Crippen LogP contribution < -0.4 is 5.73 Å². The topological polar surface area (TPSA) is 26.0 Å². The molecule has 2 saturated carbocycles. The first-order chi connectivity index (χ1) is 8.82. The van der Waals surface area contributed by atoms with E-state index in [1.807, 2.05) is 0 Å². The Bertz CT molecular complexity index is 383. The van der Waals surface area contributed by atoms with E-state index in [0.717, 1.165) is 12.5 Å². The van der Waals surface area contributed by atoms with E-state index in [-0.39, 0.29) is 0 Å². The Hall–Kier alpha value is -0.820. The molecule has 0 heterocycles. The van der Waals surface area contributed by atoms with Crippen LogP contribution in [-0.4, -0.2) is 6.54 Å². The summed E-state index contributed by atoms with van der Waals surface area (Å²) < 4.78 is 0. The van der Waals surface area contributed by atoms with Crippen LogP contribution in [0.4, 0.5) is 0 Å². The van der Waals surface area contributed by atoms with Crippen LogP contribution >= 0.6 is 0 Å². The lowest BCUT2D eigenvalue weighted by Gasteiger charge is -2.22. The second-order valence-electron chi connectivity index (χ2n) is 6.39. The third-order valence-corrected chi connectivity index (χ3v) is 5.06. The molecule has 0 amide bonds. The highest BCUT2D eigenvalue weighted by Gasteiger charge is 2.42. The van der Waals surface area contributed by atoms with Gasteiger partial charge in [-0.05, 0) is 36.3 Å². The summed E-state index contributed by atoms with van der Waals surface area (Å²) in [5.41, 5.74) is 9.24. The summed E-state index contributed by atoms with van der Waals surface area (Å²) in [6.07, 6.45) is 11.1. The number of benzene rings is 1. The molecule has 1 nitrogen and oxygen atoms in total. The zero-order chi connectivity index (χ0) is 12.4. The third kappa shape index (κ3) is 2.47. The van der Waals surface area contributed by atoms with Gasteiger partial charge in [0.25, 0.3) is 0 Å². The van der Waals surface area contributed by atoms with Gasteiger partial charge in [-0.15, -0.1) is 0 Å². The summed E-state index contributed by atoms with van der Waals surface area (Å²) in [6, 6.07) is 9.36. The van der Waals surface area contributed by atoms with Crippen LogP contribution in [0.25, 0.3) is 0 Å². The number of rotatable bonds is 4. The van der Waals surface area contributed by atoms with E-state index in [1.54, 1.807) is 0 Å². The van der Waals surface area contributed by atoms with Crippen molar-refractivity contribution in [3.05, 3.63) is 35.4 Å². The molecular formula is C17H25N. The minimum Gasteiger partial charge on any atom is -0.330 e. The fraction of sp³-hybridized carbons (Fsp3) is 0.647. The largest absolute Gasteiger partial charge is 0.330 e. The van der Waals surface area contributed by atoms with Crippen LogP contribution in [-0.2, 0) is 11.8 Å². The third-order valence-electron chi connectivity index (χ3n) is 5.06. The van der Waals surface area contributed by atoms with E-state index < -0.39 is 0 Å². The van der Waals surface area contributed by atoms with Crippen molar-refractivity contribution in [2.75, 3.05) is 6.54 Å². The smallest absolute Gasteiger partial charge is 0.00762 e. The van der Waals surface area contributed by atoms with Crippen molar-refractivity contribution >= 4 is 0 Å². The highest BCUT2D eigenvalue weighted by Crippen LogP contribution is 2.47. The molecule has 98 valence electrons. The number of hydrogen-bond donors (Lipinski definition) is 1. The number of hydrogen-bond acceptors (Lipinski definition) is 1. The maximum absolute atomic E-state index is 5.89. The lowest BCUT2D eigenvalue weighted by Crippen LogP contribution is -2.19. The number of nitrogens with two attached hydrogens (primary N) is 1. The molecule has 2 aliphatic carbocycles. The molecule has 0 bridgehead atoms. The van der Waals surface area contributed by atoms with Crippen molar-refractivity contribution in [3.63, 3.8) is 0 Å². The van der Waals surface area contributed by atoms with Crippen LogP contribution in [0.1, 0.15) is 56.1 Å². The molecule has 0 spiro atoms. The van der Waals surface area contributed by atoms with Gasteiger partial charge in [0.1, 0.15) is 0 Å². The average molecular weight is 243 g/mol. The molecule has 0 aromatic heterocycles. The summed E-state index contributed by atoms with van der Waals surface area (Å²) >= 11 is 0. The fourth-order valence-electron chi connectivity index (χ4n) is 3.48. The molecule has 0 aliphatic heterocycles. The van der Waals surface area contributed by atoms with Gasteiger partial charge in [-0.25, -0.2) is 0 Å². The van der Waals surface area contributed by atoms with Crippen LogP contribution in [0.2, 0.25) is 0 Å². The quantitative estimate of drug-likeness (QED) is 0.855. The highest BCUT2D eigenvalue weighted by atomic mass is 14.7. The predicted molar refractivity (Wildman–Crippen MR) is 76.7 cm³/mol. The van der Waals surface area contributed by atoms with Crippen molar-refractivity contribution in [2.45, 2.75) is 56.8 Å². The van der Waals surface area contributed by atoms with Crippen LogP contribution in [0.15, 0.2) is 24.3 Å². The van der Waals surface area contributed by atoms with Gasteiger partial charge in [0.05, 0.1) is 0 Å². The van der Waals surface area contributed by atoms with Crippen molar-refractivity contribution in [3.8, 4) is 0 Å². The van der Waals surface area contributed by atoms with Gasteiger partial charge < -0.3 is 5.73 Å². The highest BCUT2D eigenvalue weighted by molar-refractivity contribution is 5.34. The molecule has 0 radical (unpaired) electrons. The Morgan fingerprint density at radius 1 is 1.00 bits per heavy atom. The Morgan fingerprint density at radius 2 is 1.67 bits per heavy atom. The maximum Gasteiger partial charge on any atom is 0.00762 e. The van der Waals surface area contributed by atoms with Crippen molar-refractivity contribution in [2.24, 2.45) is 11.7 Å². The second kappa shape index (κ2) is 5.05. The van der Waals surface area contributed by atoms with E-state index in [2.05, 4.69) is 24.3 Å². The Morgan fingerprint density at radius 3 is 2.22 bits per heavy atom. The lowest BCUT2D eigenvalue weighted by molar-refractivity contribution is 0.356. The summed E-state index contributed by atoms with van der Waals surface area (Å²) in [5.74, 6) is 0.939. The average Bonchev–Trinajstić information content (AvgIpc) is 3.22. The molecule has 18 heavy (non-hydrogen) atoms. The van der Waals surface area contributed by atoms with E-state index in [1.165, 1.54) is 62.5 Å². The molecule has 0 atom stereocenters. The molecule has 2 fully saturated rings. The summed E-state index contributed by atoms with van der Waals surface area (Å²) in [5, 5.41) is 0. The normalized spacial score (nSPS) is 22.9. The van der Waals surface area contributed by atoms with Gasteiger partial charge in [-0.2, -0.15) is 0 Å². The molecule has 2 N–H and O–H groups in total. The van der Waals surface area contributed by atoms with E-state index in [9.17, 15) is 0 Å². The fourth-order valence-corrected chi connectivity index (χ4v) is 3.48. The molecular weight excluding hydrogens is 218 g/mol. The van der Waals surface area contributed by atoms with Crippen molar-refractivity contribution < 1.29 is 0 Å². The van der Waals surface area contributed by atoms with Crippen LogP contribution in [0.5, 0.6) is 0 Å². The summed E-state index contributed by atoms with van der Waals surface area (Å²) in [6.45, 7) is 0.814. The van der Waals surface area contributed by atoms with Crippen LogP contribution in [0.3, 0.4) is 0 Å². The molecule has 0 unspecified atom stereocenters. The van der Waals surface area contributed by atoms with Gasteiger partial charge in [0.2, 0.25) is 0 Å². The van der Waals surface area contributed by atoms with Crippen molar-refractivity contribution in [1.29, 1.82) is 0 Å². The summed E-state index contributed by atoms with van der Waals surface area (Å²) in [4.78, 5) is 0. The van der Waals surface area contributed by atoms with Gasteiger partial charge in [0.15, 0.2) is 0 Å². The molecule has 2 aliphatic rings. The van der Waals surface area contributed by atoms with Gasteiger partial charge in [-0.1, -0.05) is 56.4 Å². The van der Waals surface area contributed by atoms with E-state index >= 15 is 0 Å². The van der Waals surface area contributed by atoms with Crippen molar-refractivity contribution in [1.82, 2.24) is 0 Å². The molecule has 0 saturated heterocycles. The van der Waals surface area contributed by atoms with E-state index in [0.29, 0.717) is 5.41 Å². The Labute approximate surface area is 111 Å². The zero-order valence-corrected chi connectivity index (χ0v) is 11.3. The maximum atomic E-state index is 5.89. The zero-order valence-electron chi connectivity index (χ0n) is 11.3. The minimum absolute atomic E-state index is 0.351. The monoisotopic (exact) mass is 243 g/mol. The second-order valence-corrected chi connectivity index (χ2v) is 6.39. The molecule has 1 aromatic rings. The lowest BCUT2D eigenvalue weighted by atomic mass is 9.84. The van der Waals surface area contributed by atoms with Gasteiger partial charge >= 0.3 is 0 Å². The Balaban J connectivity index is 1.64.